The van der Waals surface area contributed by atoms with E-state index in [-0.39, 0.29) is 24.4 Å². The molecule has 40 heavy (non-hydrogen) atoms. The fraction of sp³-hybridized carbons (Fsp3) is 0.357. The number of aryl methyl sites for hydroxylation is 2. The van der Waals surface area contributed by atoms with E-state index >= 15 is 4.39 Å². The quantitative estimate of drug-likeness (QED) is 0.341. The maximum Gasteiger partial charge on any atom is 0.409 e. The summed E-state index contributed by atoms with van der Waals surface area (Å²) in [6.07, 6.45) is 4.90. The van der Waals surface area contributed by atoms with Crippen LogP contribution in [0.25, 0.3) is 44.5 Å². The Morgan fingerprint density at radius 1 is 1.23 bits per heavy atom. The van der Waals surface area contributed by atoms with E-state index < -0.39 is 12.0 Å². The molecule has 4 aromatic heterocycles. The molecule has 2 aliphatic rings. The van der Waals surface area contributed by atoms with Gasteiger partial charge in [0.2, 0.25) is 5.95 Å². The number of pyridine rings is 1. The Kier molecular flexibility index (Phi) is 5.48. The number of H-pyrrole nitrogens is 1. The summed E-state index contributed by atoms with van der Waals surface area (Å²) in [7, 11) is 4.78. The van der Waals surface area contributed by atoms with Crippen molar-refractivity contribution < 1.29 is 18.7 Å². The molecular weight excluding hydrogens is 517 g/mol. The number of hydrogen-bond acceptors (Lipinski definition) is 6. The molecule has 0 saturated heterocycles. The molecule has 0 unspecified atom stereocenters. The summed E-state index contributed by atoms with van der Waals surface area (Å²) in [5.74, 6) is -0.0124. The minimum atomic E-state index is -0.611. The number of nitrogens with zero attached hydrogens (tertiary/aromatic N) is 6. The number of aromatic nitrogens is 6. The largest absolute Gasteiger partial charge is 0.492 e. The van der Waals surface area contributed by atoms with Crippen LogP contribution in [0.5, 0.6) is 5.75 Å². The summed E-state index contributed by atoms with van der Waals surface area (Å²) in [6, 6.07) is 7.25. The fourth-order valence-corrected chi connectivity index (χ4v) is 6.43. The summed E-state index contributed by atoms with van der Waals surface area (Å²) < 4.78 is 31.2. The number of nitrogens with one attached hydrogen (secondary N) is 1. The minimum Gasteiger partial charge on any atom is -0.492 e. The Balaban J connectivity index is 1.58. The molecule has 1 N–H and O–H groups in total. The van der Waals surface area contributed by atoms with Crippen LogP contribution in [0.4, 0.5) is 9.18 Å². The molecular formula is C28H28FN7O4. The molecule has 1 amide bonds. The molecule has 4 bridgehead atoms. The molecule has 5 heterocycles. The van der Waals surface area contributed by atoms with E-state index in [1.807, 2.05) is 28.8 Å². The molecule has 1 aliphatic carbocycles. The highest BCUT2D eigenvalue weighted by atomic mass is 19.1. The first-order valence-corrected chi connectivity index (χ1v) is 13.2. The third kappa shape index (κ3) is 3.55. The average molecular weight is 546 g/mol. The van der Waals surface area contributed by atoms with Crippen molar-refractivity contribution in [3.05, 3.63) is 53.1 Å². The van der Waals surface area contributed by atoms with E-state index in [0.29, 0.717) is 53.1 Å². The van der Waals surface area contributed by atoms with E-state index in [1.165, 1.54) is 11.8 Å². The Labute approximate surface area is 227 Å². The van der Waals surface area contributed by atoms with Crippen molar-refractivity contribution in [1.82, 2.24) is 33.8 Å². The van der Waals surface area contributed by atoms with Crippen molar-refractivity contribution in [2.45, 2.75) is 31.3 Å². The number of aromatic amines is 1. The smallest absolute Gasteiger partial charge is 0.409 e. The van der Waals surface area contributed by atoms with Gasteiger partial charge in [0.1, 0.15) is 18.0 Å². The molecule has 1 saturated carbocycles. The van der Waals surface area contributed by atoms with Crippen LogP contribution in [0.2, 0.25) is 0 Å². The highest BCUT2D eigenvalue weighted by molar-refractivity contribution is 6.14. The molecule has 1 aliphatic heterocycles. The van der Waals surface area contributed by atoms with Crippen LogP contribution >= 0.6 is 0 Å². The van der Waals surface area contributed by atoms with Gasteiger partial charge in [0.15, 0.2) is 0 Å². The average Bonchev–Trinajstić information content (AvgIpc) is 3.70. The zero-order valence-corrected chi connectivity index (χ0v) is 22.3. The molecule has 0 radical (unpaired) electrons. The Morgan fingerprint density at radius 3 is 2.83 bits per heavy atom. The summed E-state index contributed by atoms with van der Waals surface area (Å²) in [5.41, 5.74) is 4.07. The minimum absolute atomic E-state index is 0.111. The van der Waals surface area contributed by atoms with Crippen LogP contribution < -0.4 is 10.4 Å². The van der Waals surface area contributed by atoms with Crippen LogP contribution in [0.3, 0.4) is 0 Å². The molecule has 5 aromatic rings. The first-order chi connectivity index (χ1) is 19.4. The van der Waals surface area contributed by atoms with E-state index in [4.69, 9.17) is 9.47 Å². The molecule has 2 atom stereocenters. The molecule has 206 valence electrons. The number of amides is 1. The summed E-state index contributed by atoms with van der Waals surface area (Å²) in [4.78, 5) is 36.2. The maximum absolute atomic E-state index is 15.1. The second kappa shape index (κ2) is 8.97. The number of rotatable bonds is 1. The van der Waals surface area contributed by atoms with E-state index in [0.717, 1.165) is 22.9 Å². The topological polar surface area (TPSA) is 112 Å². The number of ether oxygens (including phenoxy) is 2. The van der Waals surface area contributed by atoms with Crippen molar-refractivity contribution in [2.75, 3.05) is 20.3 Å². The molecule has 0 spiro atoms. The zero-order valence-electron chi connectivity index (χ0n) is 22.3. The lowest BCUT2D eigenvalue weighted by atomic mass is 9.99. The van der Waals surface area contributed by atoms with Crippen LogP contribution in [-0.4, -0.2) is 66.2 Å². The third-order valence-corrected chi connectivity index (χ3v) is 8.24. The number of benzene rings is 1. The van der Waals surface area contributed by atoms with E-state index in [9.17, 15) is 9.59 Å². The molecule has 11 nitrogen and oxygen atoms in total. The van der Waals surface area contributed by atoms with Gasteiger partial charge < -0.3 is 19.4 Å². The van der Waals surface area contributed by atoms with E-state index in [1.54, 1.807) is 36.0 Å². The number of hydrogen-bond donors (Lipinski definition) is 1. The third-order valence-electron chi connectivity index (χ3n) is 8.24. The van der Waals surface area contributed by atoms with Crippen molar-refractivity contribution in [3.8, 4) is 28.1 Å². The van der Waals surface area contributed by atoms with Gasteiger partial charge in [-0.15, -0.1) is 5.10 Å². The second-order valence-electron chi connectivity index (χ2n) is 10.5. The molecule has 1 fully saturated rings. The SMILES string of the molecule is COC(=O)N1CCOc2cccc(c2)-c2c(-c3cn(C)nc3F)[nH]c3ncc4c(c23)n(c(=O)n4C)[C@@H]2CC[C@@H]1C2. The van der Waals surface area contributed by atoms with Gasteiger partial charge in [-0.25, -0.2) is 14.6 Å². The van der Waals surface area contributed by atoms with Gasteiger partial charge in [-0.1, -0.05) is 12.1 Å². The van der Waals surface area contributed by atoms with Gasteiger partial charge in [-0.2, -0.15) is 4.39 Å². The second-order valence-corrected chi connectivity index (χ2v) is 10.5. The normalized spacial score (nSPS) is 18.9. The number of imidazole rings is 1. The number of halogens is 1. The van der Waals surface area contributed by atoms with Crippen molar-refractivity contribution in [3.63, 3.8) is 0 Å². The van der Waals surface area contributed by atoms with Gasteiger partial charge in [0, 0.05) is 37.9 Å². The summed E-state index contributed by atoms with van der Waals surface area (Å²) >= 11 is 0. The van der Waals surface area contributed by atoms with Crippen LogP contribution in [0.1, 0.15) is 25.3 Å². The van der Waals surface area contributed by atoms with Gasteiger partial charge >= 0.3 is 11.8 Å². The number of methoxy groups -OCH3 is 1. The fourth-order valence-electron chi connectivity index (χ4n) is 6.43. The lowest BCUT2D eigenvalue weighted by Gasteiger charge is -2.28. The highest BCUT2D eigenvalue weighted by Crippen LogP contribution is 2.44. The zero-order chi connectivity index (χ0) is 27.7. The Bertz CT molecular complexity index is 1870. The standard InChI is InChI=1S/C28H28FN7O4/c1-33-14-19(25(29)32-33)23-21-15-5-4-6-18(11-15)40-10-9-35(28(38)39-3)16-7-8-17(12-16)36-24-20(34(2)27(36)37)13-30-26(31-23)22(21)24/h4-6,11,13-14,16-17H,7-10,12H2,1-3H3,(H,30,31)/t16-,17-/m1/s1. The molecule has 12 heteroatoms. The highest BCUT2D eigenvalue weighted by Gasteiger charge is 2.36. The predicted octanol–water partition coefficient (Wildman–Crippen LogP) is 3.98. The summed E-state index contributed by atoms with van der Waals surface area (Å²) in [6.45, 7) is 0.606. The lowest BCUT2D eigenvalue weighted by molar-refractivity contribution is 0.0958. The van der Waals surface area contributed by atoms with Gasteiger partial charge in [0.05, 0.1) is 47.5 Å². The first kappa shape index (κ1) is 24.4. The number of carbonyl (C=O) groups excluding carboxylic acids is 1. The van der Waals surface area contributed by atoms with Gasteiger partial charge in [0.25, 0.3) is 0 Å². The van der Waals surface area contributed by atoms with Crippen LogP contribution in [0, 0.1) is 5.95 Å². The molecule has 7 rings (SSSR count). The van der Waals surface area contributed by atoms with Crippen molar-refractivity contribution in [1.29, 1.82) is 0 Å². The monoisotopic (exact) mass is 545 g/mol. The Morgan fingerprint density at radius 2 is 2.05 bits per heavy atom. The van der Waals surface area contributed by atoms with Crippen molar-refractivity contribution >= 4 is 28.2 Å². The Hall–Kier alpha value is -4.61. The van der Waals surface area contributed by atoms with Gasteiger partial charge in [-0.3, -0.25) is 13.8 Å². The first-order valence-electron chi connectivity index (χ1n) is 13.2. The number of carbonyl (C=O) groups is 1. The van der Waals surface area contributed by atoms with Crippen LogP contribution in [0.15, 0.2) is 41.5 Å². The lowest BCUT2D eigenvalue weighted by Crippen LogP contribution is -2.41. The van der Waals surface area contributed by atoms with Crippen molar-refractivity contribution in [2.24, 2.45) is 14.1 Å². The van der Waals surface area contributed by atoms with E-state index in [2.05, 4.69) is 15.1 Å². The molecule has 1 aromatic carbocycles. The maximum atomic E-state index is 15.1. The number of fused-ring (bicyclic) bond motifs is 6. The van der Waals surface area contributed by atoms with Crippen LogP contribution in [-0.2, 0) is 18.8 Å². The van der Waals surface area contributed by atoms with Gasteiger partial charge in [-0.05, 0) is 37.0 Å². The summed E-state index contributed by atoms with van der Waals surface area (Å²) in [5, 5.41) is 4.65. The predicted molar refractivity (Wildman–Crippen MR) is 146 cm³/mol.